The molecule has 0 spiro atoms. The number of amidine groups is 1. The molecule has 0 aromatic heterocycles. The molecule has 0 radical (unpaired) electrons. The smallest absolute Gasteiger partial charge is 0.183 e. The Bertz CT molecular complexity index is 2040. The van der Waals surface area contributed by atoms with Crippen LogP contribution in [0.2, 0.25) is 0 Å². The lowest BCUT2D eigenvalue weighted by molar-refractivity contribution is 0.100. The van der Waals surface area contributed by atoms with Crippen molar-refractivity contribution in [2.75, 3.05) is 11.4 Å². The second-order valence-corrected chi connectivity index (χ2v) is 10.4. The Labute approximate surface area is 215 Å². The average molecular weight is 491 g/mol. The third-order valence-corrected chi connectivity index (χ3v) is 8.65. The van der Waals surface area contributed by atoms with Gasteiger partial charge in [-0.15, -0.1) is 0 Å². The number of anilines is 1. The molecule has 5 nitrogen and oxygen atoms in total. The van der Waals surface area contributed by atoms with Crippen molar-refractivity contribution in [3.05, 3.63) is 95.1 Å². The quantitative estimate of drug-likeness (QED) is 0.230. The van der Waals surface area contributed by atoms with Crippen molar-refractivity contribution in [3.63, 3.8) is 0 Å². The molecule has 0 atom stereocenters. The molecule has 0 saturated heterocycles. The summed E-state index contributed by atoms with van der Waals surface area (Å²) < 4.78 is 0. The number of fused-ring (bicyclic) bond motifs is 5. The van der Waals surface area contributed by atoms with E-state index in [-0.39, 0.29) is 12.3 Å². The first-order chi connectivity index (χ1) is 18.2. The van der Waals surface area contributed by atoms with Crippen LogP contribution in [0.4, 0.5) is 11.4 Å². The van der Waals surface area contributed by atoms with Crippen LogP contribution in [0.3, 0.4) is 0 Å². The molecule has 0 saturated carbocycles. The number of aliphatic imine (C=N–C) groups is 1. The minimum atomic E-state index is -0.0783. The van der Waals surface area contributed by atoms with Gasteiger partial charge in [-0.05, 0) is 41.3 Å². The fourth-order valence-electron chi connectivity index (χ4n) is 5.93. The molecule has 0 aliphatic carbocycles. The first kappa shape index (κ1) is 20.3. The van der Waals surface area contributed by atoms with Gasteiger partial charge in [-0.1, -0.05) is 54.2 Å². The van der Waals surface area contributed by atoms with E-state index in [0.717, 1.165) is 59.4 Å². The van der Waals surface area contributed by atoms with Crippen molar-refractivity contribution < 1.29 is 4.79 Å². The van der Waals surface area contributed by atoms with Crippen molar-refractivity contribution in [2.45, 2.75) is 9.79 Å². The maximum atomic E-state index is 13.9. The first-order valence-corrected chi connectivity index (χ1v) is 12.7. The molecule has 5 aromatic carbocycles. The highest BCUT2D eigenvalue weighted by atomic mass is 32.2. The summed E-state index contributed by atoms with van der Waals surface area (Å²) in [6.07, 6.45) is 0. The molecule has 170 valence electrons. The largest absolute Gasteiger partial charge is 0.317 e. The van der Waals surface area contributed by atoms with Gasteiger partial charge in [-0.25, -0.2) is 4.99 Å². The summed E-state index contributed by atoms with van der Waals surface area (Å²) >= 11 is 1.52. The summed E-state index contributed by atoms with van der Waals surface area (Å²) in [4.78, 5) is 22.7. The Morgan fingerprint density at radius 3 is 2.43 bits per heavy atom. The van der Waals surface area contributed by atoms with Gasteiger partial charge < -0.3 is 4.90 Å². The fraction of sp³-hybridized carbons (Fsp3) is 0.0323. The number of Topliss-reactive ketones (excluding diaryl/α,β-unsaturated/α-hetero) is 1. The van der Waals surface area contributed by atoms with Gasteiger partial charge in [0.15, 0.2) is 5.78 Å². The van der Waals surface area contributed by atoms with Crippen LogP contribution in [0.25, 0.3) is 32.7 Å². The van der Waals surface area contributed by atoms with E-state index < -0.39 is 0 Å². The Kier molecular flexibility index (Phi) is 3.88. The summed E-state index contributed by atoms with van der Waals surface area (Å²) in [5.74, 6) is 0.575. The highest BCUT2D eigenvalue weighted by Gasteiger charge is 2.36. The van der Waals surface area contributed by atoms with Gasteiger partial charge in [0.1, 0.15) is 11.9 Å². The summed E-state index contributed by atoms with van der Waals surface area (Å²) in [6, 6.07) is 28.3. The molecule has 0 fully saturated rings. The molecule has 3 aliphatic rings. The maximum absolute atomic E-state index is 13.9. The molecule has 0 amide bonds. The molecule has 37 heavy (non-hydrogen) atoms. The molecule has 3 aliphatic heterocycles. The number of nitriles is 2. The van der Waals surface area contributed by atoms with Crippen molar-refractivity contribution in [1.82, 2.24) is 0 Å². The number of rotatable bonds is 0. The molecule has 0 bridgehead atoms. The SMILES string of the molecule is N#Cc1cc2c3c(cc(C#N)c4c3c1Sc1ccccc1-4)C1=Nc3cccc4cccc(c34)N1CC2=O. The lowest BCUT2D eigenvalue weighted by Gasteiger charge is -2.30. The van der Waals surface area contributed by atoms with Gasteiger partial charge in [0, 0.05) is 42.6 Å². The summed E-state index contributed by atoms with van der Waals surface area (Å²) in [6.45, 7) is 0.0984. The van der Waals surface area contributed by atoms with E-state index in [2.05, 4.69) is 12.1 Å². The number of hydrogen-bond acceptors (Lipinski definition) is 6. The molecule has 0 unspecified atom stereocenters. The highest BCUT2D eigenvalue weighted by molar-refractivity contribution is 7.99. The molecule has 5 aromatic rings. The van der Waals surface area contributed by atoms with Crippen molar-refractivity contribution in [1.29, 1.82) is 10.5 Å². The van der Waals surface area contributed by atoms with Crippen LogP contribution in [-0.4, -0.2) is 18.2 Å². The summed E-state index contributed by atoms with van der Waals surface area (Å²) in [5, 5.41) is 24.1. The second-order valence-electron chi connectivity index (χ2n) is 9.32. The minimum absolute atomic E-state index is 0.0783. The Balaban J connectivity index is 1.58. The number of carbonyl (C=O) groups excluding carboxylic acids is 1. The number of carbonyl (C=O) groups is 1. The zero-order valence-corrected chi connectivity index (χ0v) is 20.1. The van der Waals surface area contributed by atoms with Crippen LogP contribution in [0.15, 0.2) is 87.6 Å². The van der Waals surface area contributed by atoms with E-state index in [4.69, 9.17) is 4.99 Å². The summed E-state index contributed by atoms with van der Waals surface area (Å²) in [5.41, 5.74) is 5.69. The number of benzene rings is 5. The zero-order chi connectivity index (χ0) is 24.8. The minimum Gasteiger partial charge on any atom is -0.317 e. The van der Waals surface area contributed by atoms with Crippen LogP contribution >= 0.6 is 11.8 Å². The normalized spacial score (nSPS) is 14.4. The molecule has 3 heterocycles. The lowest BCUT2D eigenvalue weighted by atomic mass is 9.86. The van der Waals surface area contributed by atoms with Crippen molar-refractivity contribution in [3.8, 4) is 23.3 Å². The number of hydrogen-bond donors (Lipinski definition) is 0. The van der Waals surface area contributed by atoms with E-state index in [1.54, 1.807) is 6.07 Å². The third kappa shape index (κ3) is 2.52. The fourth-order valence-corrected chi connectivity index (χ4v) is 7.10. The van der Waals surface area contributed by atoms with Crippen molar-refractivity contribution in [2.24, 2.45) is 4.99 Å². The zero-order valence-electron chi connectivity index (χ0n) is 19.2. The van der Waals surface area contributed by atoms with Gasteiger partial charge in [0.2, 0.25) is 0 Å². The topological polar surface area (TPSA) is 80.2 Å². The molecule has 8 rings (SSSR count). The van der Waals surface area contributed by atoms with E-state index in [1.807, 2.05) is 71.6 Å². The molecular weight excluding hydrogens is 476 g/mol. The van der Waals surface area contributed by atoms with Gasteiger partial charge >= 0.3 is 0 Å². The standard InChI is InChI=1S/C31H14N4OS/c32-13-17-11-21-28-20(12-18(14-33)30-29(28)26(17)19-7-1-2-10-25(19)37-30)24(36)15-35-23-9-4-6-16-5-3-8-22(27(16)23)34-31(21)35/h1-12H,15H2. The Hall–Kier alpha value is -4.91. The van der Waals surface area contributed by atoms with E-state index >= 15 is 0 Å². The lowest BCUT2D eigenvalue weighted by Crippen LogP contribution is -2.36. The third-order valence-electron chi connectivity index (χ3n) is 7.44. The van der Waals surface area contributed by atoms with Gasteiger partial charge in [-0.3, -0.25) is 4.79 Å². The average Bonchev–Trinajstić information content (AvgIpc) is 3.05. The van der Waals surface area contributed by atoms with E-state index in [0.29, 0.717) is 22.5 Å². The monoisotopic (exact) mass is 490 g/mol. The molecular formula is C31H14N4OS. The van der Waals surface area contributed by atoms with Crippen LogP contribution in [0.1, 0.15) is 27.0 Å². The number of ketones is 1. The Morgan fingerprint density at radius 1 is 0.811 bits per heavy atom. The van der Waals surface area contributed by atoms with Gasteiger partial charge in [0.05, 0.1) is 35.1 Å². The van der Waals surface area contributed by atoms with E-state index in [9.17, 15) is 15.3 Å². The van der Waals surface area contributed by atoms with Crippen LogP contribution < -0.4 is 4.90 Å². The maximum Gasteiger partial charge on any atom is 0.183 e. The summed E-state index contributed by atoms with van der Waals surface area (Å²) in [7, 11) is 0. The first-order valence-electron chi connectivity index (χ1n) is 11.8. The number of nitrogens with zero attached hydrogens (tertiary/aromatic N) is 4. The van der Waals surface area contributed by atoms with Gasteiger partial charge in [-0.2, -0.15) is 10.5 Å². The van der Waals surface area contributed by atoms with Crippen LogP contribution in [0.5, 0.6) is 0 Å². The van der Waals surface area contributed by atoms with E-state index in [1.165, 1.54) is 11.8 Å². The van der Waals surface area contributed by atoms with Crippen molar-refractivity contribution >= 4 is 56.3 Å². The second kappa shape index (κ2) is 7.07. The predicted molar refractivity (Wildman–Crippen MR) is 145 cm³/mol. The Morgan fingerprint density at radius 2 is 1.59 bits per heavy atom. The molecule has 0 N–H and O–H groups in total. The van der Waals surface area contributed by atoms with Crippen LogP contribution in [-0.2, 0) is 0 Å². The van der Waals surface area contributed by atoms with Crippen LogP contribution in [0, 0.1) is 22.7 Å². The molecule has 6 heteroatoms. The van der Waals surface area contributed by atoms with Gasteiger partial charge in [0.25, 0.3) is 0 Å². The predicted octanol–water partition coefficient (Wildman–Crippen LogP) is 6.96. The highest BCUT2D eigenvalue weighted by Crippen LogP contribution is 2.53.